The zero-order chi connectivity index (χ0) is 13.9. The Morgan fingerprint density at radius 1 is 1.11 bits per heavy atom. The second-order valence-corrected chi connectivity index (χ2v) is 6.52. The molecule has 1 aromatic rings. The molecule has 2 atom stereocenters. The summed E-state index contributed by atoms with van der Waals surface area (Å²) in [6.07, 6.45) is 0.485. The maximum atomic E-state index is 13.9. The number of thioether (sulfide) groups is 1. The van der Waals surface area contributed by atoms with Gasteiger partial charge in [0.2, 0.25) is 0 Å². The van der Waals surface area contributed by atoms with Crippen molar-refractivity contribution in [2.24, 2.45) is 11.7 Å². The van der Waals surface area contributed by atoms with E-state index in [0.29, 0.717) is 17.9 Å². The van der Waals surface area contributed by atoms with Gasteiger partial charge in [-0.15, -0.1) is 11.8 Å². The molecule has 0 spiro atoms. The third-order valence-corrected chi connectivity index (χ3v) is 4.40. The van der Waals surface area contributed by atoms with E-state index < -0.39 is 11.6 Å². The van der Waals surface area contributed by atoms with Crippen LogP contribution in [0.25, 0.3) is 0 Å². The number of nitrogens with two attached hydrogens (primary N) is 1. The van der Waals surface area contributed by atoms with Crippen molar-refractivity contribution in [2.75, 3.05) is 0 Å². The molecular weight excluding hydrogens is 252 g/mol. The Balaban J connectivity index is 2.94. The molecule has 2 unspecified atom stereocenters. The molecule has 0 bridgehead atoms. The topological polar surface area (TPSA) is 26.0 Å². The lowest BCUT2D eigenvalue weighted by atomic mass is 10.1. The van der Waals surface area contributed by atoms with Gasteiger partial charge in [-0.05, 0) is 37.0 Å². The van der Waals surface area contributed by atoms with Crippen LogP contribution in [0.3, 0.4) is 0 Å². The molecule has 102 valence electrons. The van der Waals surface area contributed by atoms with E-state index in [0.717, 1.165) is 0 Å². The summed E-state index contributed by atoms with van der Waals surface area (Å²) in [7, 11) is 0. The molecule has 2 N–H and O–H groups in total. The minimum atomic E-state index is -0.483. The van der Waals surface area contributed by atoms with Gasteiger partial charge < -0.3 is 5.73 Å². The summed E-state index contributed by atoms with van der Waals surface area (Å²) in [5, 5.41) is 0.174. The normalized spacial score (nSPS) is 14.9. The van der Waals surface area contributed by atoms with Gasteiger partial charge in [-0.2, -0.15) is 0 Å². The third kappa shape index (κ3) is 4.25. The first kappa shape index (κ1) is 15.4. The van der Waals surface area contributed by atoms with E-state index in [-0.39, 0.29) is 16.2 Å². The Morgan fingerprint density at radius 3 is 2.00 bits per heavy atom. The molecule has 4 heteroatoms. The number of rotatable bonds is 5. The fourth-order valence-electron chi connectivity index (χ4n) is 1.54. The van der Waals surface area contributed by atoms with E-state index in [1.165, 1.54) is 23.9 Å². The standard InChI is InChI=1S/C14H21F2NS/c1-8(2)10(4)18-14-12(15)6-11(5-9(3)17)7-13(14)16/h6-10H,5,17H2,1-4H3. The van der Waals surface area contributed by atoms with Gasteiger partial charge in [-0.3, -0.25) is 0 Å². The first-order chi connectivity index (χ1) is 8.31. The molecule has 0 aromatic heterocycles. The SMILES string of the molecule is CC(N)Cc1cc(F)c(SC(C)C(C)C)c(F)c1. The van der Waals surface area contributed by atoms with Crippen molar-refractivity contribution in [1.82, 2.24) is 0 Å². The monoisotopic (exact) mass is 273 g/mol. The van der Waals surface area contributed by atoms with E-state index in [2.05, 4.69) is 0 Å². The molecule has 0 aliphatic rings. The van der Waals surface area contributed by atoms with Crippen molar-refractivity contribution in [3.8, 4) is 0 Å². The number of hydrogen-bond acceptors (Lipinski definition) is 2. The van der Waals surface area contributed by atoms with Crippen LogP contribution >= 0.6 is 11.8 Å². The van der Waals surface area contributed by atoms with Crippen LogP contribution in [-0.4, -0.2) is 11.3 Å². The molecule has 1 aromatic carbocycles. The van der Waals surface area contributed by atoms with E-state index in [4.69, 9.17) is 5.73 Å². The van der Waals surface area contributed by atoms with Crippen molar-refractivity contribution in [3.63, 3.8) is 0 Å². The van der Waals surface area contributed by atoms with Crippen LogP contribution < -0.4 is 5.73 Å². The number of hydrogen-bond donors (Lipinski definition) is 1. The molecule has 0 saturated carbocycles. The lowest BCUT2D eigenvalue weighted by Crippen LogP contribution is -2.18. The second-order valence-electron chi connectivity index (χ2n) is 5.14. The van der Waals surface area contributed by atoms with Crippen LogP contribution in [0, 0.1) is 17.6 Å². The molecule has 0 fully saturated rings. The van der Waals surface area contributed by atoms with Gasteiger partial charge in [0.1, 0.15) is 11.6 Å². The molecule has 0 aliphatic carbocycles. The average Bonchev–Trinajstić information content (AvgIpc) is 2.21. The lowest BCUT2D eigenvalue weighted by Gasteiger charge is -2.16. The van der Waals surface area contributed by atoms with E-state index >= 15 is 0 Å². The molecule has 0 heterocycles. The van der Waals surface area contributed by atoms with Crippen LogP contribution in [-0.2, 0) is 6.42 Å². The molecule has 0 radical (unpaired) electrons. The maximum absolute atomic E-state index is 13.9. The minimum Gasteiger partial charge on any atom is -0.328 e. The summed E-state index contributed by atoms with van der Waals surface area (Å²) < 4.78 is 27.8. The molecule has 1 nitrogen and oxygen atoms in total. The molecule has 0 saturated heterocycles. The Bertz CT molecular complexity index is 382. The van der Waals surface area contributed by atoms with Crippen molar-refractivity contribution < 1.29 is 8.78 Å². The molecule has 0 aliphatic heterocycles. The summed E-state index contributed by atoms with van der Waals surface area (Å²) in [6, 6.07) is 2.68. The fraction of sp³-hybridized carbons (Fsp3) is 0.571. The minimum absolute atomic E-state index is 0.100. The highest BCUT2D eigenvalue weighted by Gasteiger charge is 2.17. The fourth-order valence-corrected chi connectivity index (χ4v) is 2.52. The third-order valence-electron chi connectivity index (χ3n) is 2.86. The first-order valence-electron chi connectivity index (χ1n) is 6.21. The number of halogens is 2. The smallest absolute Gasteiger partial charge is 0.140 e. The predicted molar refractivity (Wildman–Crippen MR) is 73.9 cm³/mol. The van der Waals surface area contributed by atoms with Crippen LogP contribution in [0.4, 0.5) is 8.78 Å². The van der Waals surface area contributed by atoms with Crippen molar-refractivity contribution in [3.05, 3.63) is 29.3 Å². The summed E-state index contributed by atoms with van der Waals surface area (Å²) in [4.78, 5) is 0.115. The van der Waals surface area contributed by atoms with Crippen LogP contribution in [0.1, 0.15) is 33.3 Å². The van der Waals surface area contributed by atoms with Crippen LogP contribution in [0.5, 0.6) is 0 Å². The van der Waals surface area contributed by atoms with Crippen molar-refractivity contribution >= 4 is 11.8 Å². The van der Waals surface area contributed by atoms with Crippen molar-refractivity contribution in [1.29, 1.82) is 0 Å². The zero-order valence-electron chi connectivity index (χ0n) is 11.3. The Kier molecular flexibility index (Phi) is 5.60. The predicted octanol–water partition coefficient (Wildman–Crippen LogP) is 3.99. The molecular formula is C14H21F2NS. The highest BCUT2D eigenvalue weighted by molar-refractivity contribution is 8.00. The summed E-state index contributed by atoms with van der Waals surface area (Å²) in [6.45, 7) is 7.87. The summed E-state index contributed by atoms with van der Waals surface area (Å²) in [5.41, 5.74) is 6.25. The Morgan fingerprint density at radius 2 is 1.61 bits per heavy atom. The quantitative estimate of drug-likeness (QED) is 0.821. The highest BCUT2D eigenvalue weighted by atomic mass is 32.2. The highest BCUT2D eigenvalue weighted by Crippen LogP contribution is 2.32. The molecule has 1 rings (SSSR count). The largest absolute Gasteiger partial charge is 0.328 e. The van der Waals surface area contributed by atoms with Gasteiger partial charge in [-0.25, -0.2) is 8.78 Å². The zero-order valence-corrected chi connectivity index (χ0v) is 12.2. The second kappa shape index (κ2) is 6.53. The van der Waals surface area contributed by atoms with Gasteiger partial charge in [-0.1, -0.05) is 20.8 Å². The van der Waals surface area contributed by atoms with Gasteiger partial charge in [0.05, 0.1) is 4.90 Å². The first-order valence-corrected chi connectivity index (χ1v) is 7.09. The van der Waals surface area contributed by atoms with Gasteiger partial charge in [0.25, 0.3) is 0 Å². The van der Waals surface area contributed by atoms with Gasteiger partial charge in [0.15, 0.2) is 0 Å². The summed E-state index contributed by atoms with van der Waals surface area (Å²) in [5.74, 6) is -0.594. The lowest BCUT2D eigenvalue weighted by molar-refractivity contribution is 0.533. The van der Waals surface area contributed by atoms with Gasteiger partial charge in [0, 0.05) is 11.3 Å². The van der Waals surface area contributed by atoms with Crippen LogP contribution in [0.2, 0.25) is 0 Å². The Labute approximate surface area is 112 Å². The van der Waals surface area contributed by atoms with Gasteiger partial charge >= 0.3 is 0 Å². The summed E-state index contributed by atoms with van der Waals surface area (Å²) >= 11 is 1.25. The van der Waals surface area contributed by atoms with Crippen LogP contribution in [0.15, 0.2) is 17.0 Å². The maximum Gasteiger partial charge on any atom is 0.140 e. The molecule has 0 amide bonds. The number of benzene rings is 1. The van der Waals surface area contributed by atoms with E-state index in [1.807, 2.05) is 27.7 Å². The Hall–Kier alpha value is -0.610. The molecule has 18 heavy (non-hydrogen) atoms. The van der Waals surface area contributed by atoms with Crippen molar-refractivity contribution in [2.45, 2.75) is 50.3 Å². The van der Waals surface area contributed by atoms with E-state index in [9.17, 15) is 8.78 Å². The average molecular weight is 273 g/mol. The van der Waals surface area contributed by atoms with E-state index in [1.54, 1.807) is 0 Å².